The quantitative estimate of drug-likeness (QED) is 0.857. The van der Waals surface area contributed by atoms with Crippen molar-refractivity contribution in [3.8, 4) is 0 Å². The first-order chi connectivity index (χ1) is 9.94. The Labute approximate surface area is 130 Å². The van der Waals surface area contributed by atoms with Crippen LogP contribution in [0.2, 0.25) is 0 Å². The van der Waals surface area contributed by atoms with Crippen LogP contribution in [0.4, 0.5) is 10.1 Å². The first-order valence-corrected chi connectivity index (χ1v) is 7.71. The Hall–Kier alpha value is -1.43. The fraction of sp³-hybridized carbons (Fsp3) is 0.467. The molecule has 1 aromatic carbocycles. The van der Waals surface area contributed by atoms with Crippen molar-refractivity contribution in [1.82, 2.24) is 0 Å². The van der Waals surface area contributed by atoms with E-state index in [2.05, 4.69) is 21.2 Å². The molecule has 0 atom stereocenters. The number of rotatable bonds is 4. The molecule has 0 spiro atoms. The minimum absolute atomic E-state index is 0.0545. The molecule has 0 radical (unpaired) electrons. The van der Waals surface area contributed by atoms with Crippen LogP contribution in [0.15, 0.2) is 22.7 Å². The first-order valence-electron chi connectivity index (χ1n) is 6.92. The summed E-state index contributed by atoms with van der Waals surface area (Å²) >= 11 is 3.17. The minimum Gasteiger partial charge on any atom is -0.481 e. The molecule has 114 valence electrons. The van der Waals surface area contributed by atoms with Crippen molar-refractivity contribution in [2.24, 2.45) is 5.41 Å². The molecular formula is C15H17BrFNO3. The van der Waals surface area contributed by atoms with Crippen molar-refractivity contribution in [3.63, 3.8) is 0 Å². The Balaban J connectivity index is 2.11. The lowest BCUT2D eigenvalue weighted by Gasteiger charge is -2.32. The number of nitrogens with one attached hydrogen (secondary N) is 1. The number of hydrogen-bond acceptors (Lipinski definition) is 2. The van der Waals surface area contributed by atoms with Gasteiger partial charge in [-0.15, -0.1) is 0 Å². The maximum Gasteiger partial charge on any atom is 0.310 e. The van der Waals surface area contributed by atoms with Crippen LogP contribution in [0, 0.1) is 11.2 Å². The number of halogens is 2. The van der Waals surface area contributed by atoms with E-state index in [1.54, 1.807) is 6.07 Å². The second-order valence-corrected chi connectivity index (χ2v) is 6.32. The highest BCUT2D eigenvalue weighted by Gasteiger charge is 2.41. The van der Waals surface area contributed by atoms with Gasteiger partial charge >= 0.3 is 5.97 Å². The van der Waals surface area contributed by atoms with Gasteiger partial charge in [0.15, 0.2) is 0 Å². The van der Waals surface area contributed by atoms with E-state index in [1.165, 1.54) is 12.1 Å². The number of carbonyl (C=O) groups is 2. The maximum atomic E-state index is 13.7. The zero-order valence-electron chi connectivity index (χ0n) is 11.5. The Morgan fingerprint density at radius 3 is 2.52 bits per heavy atom. The predicted octanol–water partition coefficient (Wildman–Crippen LogP) is 3.95. The molecule has 1 aliphatic carbocycles. The number of para-hydroxylation sites is 1. The number of anilines is 1. The number of carbonyl (C=O) groups excluding carboxylic acids is 1. The van der Waals surface area contributed by atoms with E-state index in [1.807, 2.05) is 0 Å². The van der Waals surface area contributed by atoms with Gasteiger partial charge in [-0.1, -0.05) is 25.3 Å². The van der Waals surface area contributed by atoms with Crippen molar-refractivity contribution in [2.45, 2.75) is 38.5 Å². The van der Waals surface area contributed by atoms with E-state index in [4.69, 9.17) is 0 Å². The van der Waals surface area contributed by atoms with E-state index >= 15 is 0 Å². The van der Waals surface area contributed by atoms with Gasteiger partial charge in [-0.2, -0.15) is 0 Å². The smallest absolute Gasteiger partial charge is 0.310 e. The van der Waals surface area contributed by atoms with Crippen LogP contribution in [-0.4, -0.2) is 17.0 Å². The Bertz CT molecular complexity index is 536. The largest absolute Gasteiger partial charge is 0.481 e. The Morgan fingerprint density at radius 1 is 1.29 bits per heavy atom. The number of amides is 1. The summed E-state index contributed by atoms with van der Waals surface area (Å²) in [6, 6.07) is 4.38. The molecule has 0 aromatic heterocycles. The van der Waals surface area contributed by atoms with E-state index < -0.39 is 23.1 Å². The molecule has 2 rings (SSSR count). The highest BCUT2D eigenvalue weighted by Crippen LogP contribution is 2.40. The number of hydrogen-bond donors (Lipinski definition) is 2. The molecule has 0 unspecified atom stereocenters. The van der Waals surface area contributed by atoms with Gasteiger partial charge in [0.25, 0.3) is 0 Å². The highest BCUT2D eigenvalue weighted by atomic mass is 79.9. The monoisotopic (exact) mass is 357 g/mol. The normalized spacial score (nSPS) is 17.2. The fourth-order valence-corrected chi connectivity index (χ4v) is 3.24. The lowest BCUT2D eigenvalue weighted by atomic mass is 9.71. The summed E-state index contributed by atoms with van der Waals surface area (Å²) in [5, 5.41) is 11.9. The summed E-state index contributed by atoms with van der Waals surface area (Å²) in [7, 11) is 0. The zero-order valence-corrected chi connectivity index (χ0v) is 13.1. The van der Waals surface area contributed by atoms with Gasteiger partial charge in [0, 0.05) is 10.9 Å². The van der Waals surface area contributed by atoms with Gasteiger partial charge in [-0.3, -0.25) is 9.59 Å². The van der Waals surface area contributed by atoms with Crippen molar-refractivity contribution < 1.29 is 19.1 Å². The Morgan fingerprint density at radius 2 is 1.95 bits per heavy atom. The second kappa shape index (κ2) is 6.56. The van der Waals surface area contributed by atoms with Crippen LogP contribution in [0.1, 0.15) is 38.5 Å². The lowest BCUT2D eigenvalue weighted by Crippen LogP contribution is -2.37. The predicted molar refractivity (Wildman–Crippen MR) is 80.5 cm³/mol. The van der Waals surface area contributed by atoms with Gasteiger partial charge in [0.05, 0.1) is 11.1 Å². The average molecular weight is 358 g/mol. The second-order valence-electron chi connectivity index (χ2n) is 5.47. The molecule has 0 aliphatic heterocycles. The summed E-state index contributed by atoms with van der Waals surface area (Å²) < 4.78 is 14.1. The molecule has 1 amide bonds. The summed E-state index contributed by atoms with van der Waals surface area (Å²) in [5.74, 6) is -1.96. The van der Waals surface area contributed by atoms with E-state index in [9.17, 15) is 19.1 Å². The van der Waals surface area contributed by atoms with Crippen molar-refractivity contribution in [1.29, 1.82) is 0 Å². The average Bonchev–Trinajstić information content (AvgIpc) is 2.44. The van der Waals surface area contributed by atoms with Crippen LogP contribution in [0.5, 0.6) is 0 Å². The summed E-state index contributed by atoms with van der Waals surface area (Å²) in [4.78, 5) is 23.7. The molecule has 6 heteroatoms. The van der Waals surface area contributed by atoms with Gasteiger partial charge in [-0.05, 0) is 40.9 Å². The topological polar surface area (TPSA) is 66.4 Å². The maximum absolute atomic E-state index is 13.7. The van der Waals surface area contributed by atoms with Gasteiger partial charge in [0.1, 0.15) is 5.82 Å². The standard InChI is InChI=1S/C15H17BrFNO3/c16-10-5-4-6-11(17)13(10)18-12(19)9-15(14(20)21)7-2-1-3-8-15/h4-6H,1-3,7-9H2,(H,18,19)(H,20,21). The first kappa shape index (κ1) is 15.9. The number of benzene rings is 1. The van der Waals surface area contributed by atoms with Gasteiger partial charge < -0.3 is 10.4 Å². The zero-order chi connectivity index (χ0) is 15.5. The Kier molecular flexibility index (Phi) is 4.98. The summed E-state index contributed by atoms with van der Waals surface area (Å²) in [6.07, 6.45) is 3.48. The molecule has 21 heavy (non-hydrogen) atoms. The van der Waals surface area contributed by atoms with Crippen LogP contribution < -0.4 is 5.32 Å². The summed E-state index contributed by atoms with van der Waals surface area (Å²) in [6.45, 7) is 0. The number of aliphatic carboxylic acids is 1. The molecule has 0 saturated heterocycles. The van der Waals surface area contributed by atoms with Crippen molar-refractivity contribution in [2.75, 3.05) is 5.32 Å². The number of carboxylic acid groups (broad SMARTS) is 1. The van der Waals surface area contributed by atoms with E-state index in [-0.39, 0.29) is 12.1 Å². The van der Waals surface area contributed by atoms with Crippen molar-refractivity contribution in [3.05, 3.63) is 28.5 Å². The van der Waals surface area contributed by atoms with Gasteiger partial charge in [-0.25, -0.2) is 4.39 Å². The van der Waals surface area contributed by atoms with E-state index in [0.717, 1.165) is 19.3 Å². The molecule has 2 N–H and O–H groups in total. The van der Waals surface area contributed by atoms with Gasteiger partial charge in [0.2, 0.25) is 5.91 Å². The molecule has 4 nitrogen and oxygen atoms in total. The molecule has 0 heterocycles. The summed E-state index contributed by atoms with van der Waals surface area (Å²) in [5.41, 5.74) is -0.959. The molecular weight excluding hydrogens is 341 g/mol. The molecule has 1 saturated carbocycles. The highest BCUT2D eigenvalue weighted by molar-refractivity contribution is 9.10. The molecule has 1 fully saturated rings. The van der Waals surface area contributed by atoms with E-state index in [0.29, 0.717) is 17.3 Å². The molecule has 1 aliphatic rings. The third-order valence-corrected chi connectivity index (χ3v) is 4.65. The third-order valence-electron chi connectivity index (χ3n) is 3.99. The van der Waals surface area contributed by atoms with Crippen LogP contribution in [0.25, 0.3) is 0 Å². The minimum atomic E-state index is -1.01. The molecule has 0 bridgehead atoms. The molecule has 1 aromatic rings. The SMILES string of the molecule is O=C(CC1(C(=O)O)CCCCC1)Nc1c(F)cccc1Br. The lowest BCUT2D eigenvalue weighted by molar-refractivity contribution is -0.153. The van der Waals surface area contributed by atoms with Crippen LogP contribution in [-0.2, 0) is 9.59 Å². The fourth-order valence-electron chi connectivity index (χ4n) is 2.80. The van der Waals surface area contributed by atoms with Crippen LogP contribution in [0.3, 0.4) is 0 Å². The third kappa shape index (κ3) is 3.61. The van der Waals surface area contributed by atoms with Crippen molar-refractivity contribution >= 4 is 33.5 Å². The number of carboxylic acids is 1. The van der Waals surface area contributed by atoms with Crippen LogP contribution >= 0.6 is 15.9 Å².